The Morgan fingerprint density at radius 3 is 2.71 bits per heavy atom. The molecule has 21 heavy (non-hydrogen) atoms. The zero-order chi connectivity index (χ0) is 15.6. The maximum atomic E-state index is 12.3. The molecule has 0 bridgehead atoms. The Kier molecular flexibility index (Phi) is 4.64. The first-order valence-electron chi connectivity index (χ1n) is 6.71. The Hall–Kier alpha value is -1.86. The van der Waals surface area contributed by atoms with E-state index in [9.17, 15) is 9.59 Å². The van der Waals surface area contributed by atoms with Crippen LogP contribution >= 0.6 is 11.6 Å². The molecule has 2 rings (SSSR count). The molecule has 0 unspecified atom stereocenters. The summed E-state index contributed by atoms with van der Waals surface area (Å²) in [5.41, 5.74) is 6.15. The molecule has 2 heterocycles. The summed E-state index contributed by atoms with van der Waals surface area (Å²) in [5.74, 6) is 0. The van der Waals surface area contributed by atoms with Crippen LogP contribution in [0.1, 0.15) is 18.3 Å². The van der Waals surface area contributed by atoms with Crippen LogP contribution in [-0.4, -0.2) is 25.5 Å². The van der Waals surface area contributed by atoms with Crippen LogP contribution in [0.15, 0.2) is 21.9 Å². The molecule has 7 nitrogen and oxygen atoms in total. The monoisotopic (exact) mass is 311 g/mol. The number of nitrogens with zero attached hydrogens (tertiary/aromatic N) is 4. The van der Waals surface area contributed by atoms with Crippen molar-refractivity contribution in [3.05, 3.63) is 49.5 Å². The van der Waals surface area contributed by atoms with Crippen LogP contribution in [0.3, 0.4) is 0 Å². The molecule has 0 saturated heterocycles. The highest BCUT2D eigenvalue weighted by Crippen LogP contribution is 2.20. The van der Waals surface area contributed by atoms with E-state index in [0.29, 0.717) is 11.6 Å². The van der Waals surface area contributed by atoms with Gasteiger partial charge in [-0.15, -0.1) is 0 Å². The number of hydrogen-bond acceptors (Lipinski definition) is 4. The van der Waals surface area contributed by atoms with Crippen LogP contribution in [0.25, 0.3) is 0 Å². The van der Waals surface area contributed by atoms with Crippen LogP contribution in [0.5, 0.6) is 0 Å². The van der Waals surface area contributed by atoms with Gasteiger partial charge in [0.2, 0.25) is 0 Å². The normalized spacial score (nSPS) is 11.0. The topological polar surface area (TPSA) is 87.8 Å². The summed E-state index contributed by atoms with van der Waals surface area (Å²) in [6.45, 7) is 5.10. The fraction of sp³-hybridized carbons (Fsp3) is 0.462. The molecule has 0 atom stereocenters. The molecular formula is C13H18ClN5O2. The first-order chi connectivity index (χ1) is 9.99. The molecule has 0 aromatic carbocycles. The van der Waals surface area contributed by atoms with E-state index in [1.165, 1.54) is 16.8 Å². The predicted octanol–water partition coefficient (Wildman–Crippen LogP) is 0.195. The maximum absolute atomic E-state index is 12.3. The molecule has 0 spiro atoms. The lowest BCUT2D eigenvalue weighted by molar-refractivity contribution is 0.549. The van der Waals surface area contributed by atoms with Gasteiger partial charge in [-0.05, 0) is 13.8 Å². The van der Waals surface area contributed by atoms with Crippen molar-refractivity contribution in [1.82, 2.24) is 18.9 Å². The van der Waals surface area contributed by atoms with Crippen molar-refractivity contribution in [2.75, 3.05) is 6.54 Å². The quantitative estimate of drug-likeness (QED) is 0.854. The van der Waals surface area contributed by atoms with E-state index in [-0.39, 0.29) is 25.2 Å². The van der Waals surface area contributed by atoms with E-state index < -0.39 is 5.69 Å². The number of hydrogen-bond donors (Lipinski definition) is 1. The lowest BCUT2D eigenvalue weighted by Crippen LogP contribution is -2.40. The van der Waals surface area contributed by atoms with Gasteiger partial charge in [0.1, 0.15) is 0 Å². The smallest absolute Gasteiger partial charge is 0.329 e. The Bertz CT molecular complexity index is 759. The largest absolute Gasteiger partial charge is 0.331 e. The summed E-state index contributed by atoms with van der Waals surface area (Å²) >= 11 is 6.24. The SMILES string of the molecule is CCn1nc(C)c(Cl)c1Cn1ccc(=O)n(CCN)c1=O. The van der Waals surface area contributed by atoms with Crippen molar-refractivity contribution in [3.8, 4) is 0 Å². The van der Waals surface area contributed by atoms with Crippen LogP contribution in [0.2, 0.25) is 5.02 Å². The molecule has 0 aliphatic rings. The van der Waals surface area contributed by atoms with E-state index >= 15 is 0 Å². The second-order valence-corrected chi connectivity index (χ2v) is 5.04. The molecule has 114 valence electrons. The van der Waals surface area contributed by atoms with Gasteiger partial charge in [0.05, 0.1) is 23.0 Å². The molecule has 0 fully saturated rings. The van der Waals surface area contributed by atoms with Gasteiger partial charge in [0.25, 0.3) is 5.56 Å². The standard InChI is InChI=1S/C13H18ClN5O2/c1-3-19-10(12(14)9(2)16-19)8-17-6-4-11(20)18(7-5-15)13(17)21/h4,6H,3,5,7-8,15H2,1-2H3. The van der Waals surface area contributed by atoms with Gasteiger partial charge in [0.15, 0.2) is 0 Å². The molecule has 8 heteroatoms. The van der Waals surface area contributed by atoms with Gasteiger partial charge in [-0.3, -0.25) is 18.6 Å². The molecule has 0 saturated carbocycles. The van der Waals surface area contributed by atoms with Crippen LogP contribution < -0.4 is 17.0 Å². The molecule has 0 aliphatic heterocycles. The highest BCUT2D eigenvalue weighted by Gasteiger charge is 2.14. The van der Waals surface area contributed by atoms with E-state index in [2.05, 4.69) is 5.10 Å². The summed E-state index contributed by atoms with van der Waals surface area (Å²) in [6, 6.07) is 1.35. The van der Waals surface area contributed by atoms with Crippen molar-refractivity contribution in [1.29, 1.82) is 0 Å². The highest BCUT2D eigenvalue weighted by atomic mass is 35.5. The van der Waals surface area contributed by atoms with E-state index in [0.717, 1.165) is 16.0 Å². The fourth-order valence-electron chi connectivity index (χ4n) is 2.19. The Morgan fingerprint density at radius 1 is 1.38 bits per heavy atom. The van der Waals surface area contributed by atoms with Crippen LogP contribution in [-0.2, 0) is 19.6 Å². The van der Waals surface area contributed by atoms with Crippen molar-refractivity contribution < 1.29 is 0 Å². The summed E-state index contributed by atoms with van der Waals surface area (Å²) in [6.07, 6.45) is 1.47. The lowest BCUT2D eigenvalue weighted by Gasteiger charge is -2.10. The average molecular weight is 312 g/mol. The number of nitrogens with two attached hydrogens (primary N) is 1. The lowest BCUT2D eigenvalue weighted by atomic mass is 10.3. The van der Waals surface area contributed by atoms with Gasteiger partial charge < -0.3 is 5.73 Å². The van der Waals surface area contributed by atoms with Gasteiger partial charge in [-0.1, -0.05) is 11.6 Å². The Morgan fingerprint density at radius 2 is 2.10 bits per heavy atom. The van der Waals surface area contributed by atoms with Crippen molar-refractivity contribution in [2.24, 2.45) is 5.73 Å². The molecule has 0 amide bonds. The Balaban J connectivity index is 2.48. The molecule has 0 radical (unpaired) electrons. The number of rotatable bonds is 5. The minimum absolute atomic E-state index is 0.193. The zero-order valence-electron chi connectivity index (χ0n) is 12.0. The van der Waals surface area contributed by atoms with Gasteiger partial charge >= 0.3 is 5.69 Å². The third kappa shape index (κ3) is 2.93. The van der Waals surface area contributed by atoms with Gasteiger partial charge in [-0.2, -0.15) is 5.10 Å². The second kappa shape index (κ2) is 6.28. The van der Waals surface area contributed by atoms with Crippen molar-refractivity contribution in [3.63, 3.8) is 0 Å². The van der Waals surface area contributed by atoms with Crippen molar-refractivity contribution >= 4 is 11.6 Å². The van der Waals surface area contributed by atoms with E-state index in [1.807, 2.05) is 13.8 Å². The summed E-state index contributed by atoms with van der Waals surface area (Å²) < 4.78 is 4.31. The number of halogens is 1. The van der Waals surface area contributed by atoms with Crippen LogP contribution in [0, 0.1) is 6.92 Å². The summed E-state index contributed by atoms with van der Waals surface area (Å²) in [7, 11) is 0. The molecular weight excluding hydrogens is 294 g/mol. The fourth-order valence-corrected chi connectivity index (χ4v) is 2.39. The van der Waals surface area contributed by atoms with E-state index in [4.69, 9.17) is 17.3 Å². The number of aromatic nitrogens is 4. The van der Waals surface area contributed by atoms with Crippen molar-refractivity contribution in [2.45, 2.75) is 33.5 Å². The molecule has 2 aromatic rings. The minimum atomic E-state index is -0.398. The third-order valence-corrected chi connectivity index (χ3v) is 3.76. The summed E-state index contributed by atoms with van der Waals surface area (Å²) in [4.78, 5) is 24.0. The Labute approximate surface area is 126 Å². The average Bonchev–Trinajstić information content (AvgIpc) is 2.74. The maximum Gasteiger partial charge on any atom is 0.331 e. The van der Waals surface area contributed by atoms with Gasteiger partial charge in [-0.25, -0.2) is 4.79 Å². The highest BCUT2D eigenvalue weighted by molar-refractivity contribution is 6.31. The first-order valence-corrected chi connectivity index (χ1v) is 7.09. The predicted molar refractivity (Wildman–Crippen MR) is 80.8 cm³/mol. The number of aryl methyl sites for hydroxylation is 2. The van der Waals surface area contributed by atoms with Crippen LogP contribution in [0.4, 0.5) is 0 Å². The van der Waals surface area contributed by atoms with E-state index in [1.54, 1.807) is 4.68 Å². The minimum Gasteiger partial charge on any atom is -0.329 e. The third-order valence-electron chi connectivity index (χ3n) is 3.27. The zero-order valence-corrected chi connectivity index (χ0v) is 12.8. The molecule has 2 aromatic heterocycles. The van der Waals surface area contributed by atoms with Gasteiger partial charge in [0, 0.05) is 31.9 Å². The molecule has 0 aliphatic carbocycles. The second-order valence-electron chi connectivity index (χ2n) is 4.67. The summed E-state index contributed by atoms with van der Waals surface area (Å²) in [5, 5.41) is 4.85. The first kappa shape index (κ1) is 15.5. The molecule has 2 N–H and O–H groups in total.